The van der Waals surface area contributed by atoms with Gasteiger partial charge in [0.15, 0.2) is 0 Å². The number of hydrogen-bond acceptors (Lipinski definition) is 3. The van der Waals surface area contributed by atoms with Gasteiger partial charge in [-0.15, -0.1) is 0 Å². The lowest BCUT2D eigenvalue weighted by Crippen LogP contribution is -2.24. The van der Waals surface area contributed by atoms with E-state index in [9.17, 15) is 4.79 Å². The molecule has 1 amide bonds. The number of carbonyl (C=O) groups excluding carboxylic acids is 1. The molecule has 0 aromatic heterocycles. The quantitative estimate of drug-likeness (QED) is 0.461. The lowest BCUT2D eigenvalue weighted by molar-refractivity contribution is 0.0954. The summed E-state index contributed by atoms with van der Waals surface area (Å²) in [6.07, 6.45) is 4.79. The molecule has 0 atom stereocenters. The van der Waals surface area contributed by atoms with Crippen molar-refractivity contribution in [2.75, 3.05) is 18.9 Å². The zero-order valence-corrected chi connectivity index (χ0v) is 10.9. The molecule has 3 N–H and O–H groups in total. The molecular formula is C14H20N2O2. The summed E-state index contributed by atoms with van der Waals surface area (Å²) < 4.78 is 5.32. The van der Waals surface area contributed by atoms with Gasteiger partial charge in [-0.05, 0) is 38.5 Å². The van der Waals surface area contributed by atoms with Crippen LogP contribution in [0.2, 0.25) is 0 Å². The fraction of sp³-hybridized carbons (Fsp3) is 0.357. The molecule has 0 spiro atoms. The highest BCUT2D eigenvalue weighted by atomic mass is 16.5. The summed E-state index contributed by atoms with van der Waals surface area (Å²) in [6.45, 7) is 5.02. The predicted octanol–water partition coefficient (Wildman–Crippen LogP) is 2.36. The Morgan fingerprint density at radius 1 is 1.50 bits per heavy atom. The number of benzene rings is 1. The molecule has 0 radical (unpaired) electrons. The minimum absolute atomic E-state index is 0.116. The van der Waals surface area contributed by atoms with Gasteiger partial charge in [0.2, 0.25) is 0 Å². The first-order valence-electron chi connectivity index (χ1n) is 6.10. The van der Waals surface area contributed by atoms with Gasteiger partial charge in [0, 0.05) is 12.1 Å². The van der Waals surface area contributed by atoms with E-state index < -0.39 is 0 Å². The molecule has 0 aliphatic carbocycles. The first-order chi connectivity index (χ1) is 8.69. The van der Waals surface area contributed by atoms with Crippen molar-refractivity contribution in [1.29, 1.82) is 0 Å². The van der Waals surface area contributed by atoms with Crippen molar-refractivity contribution < 1.29 is 9.53 Å². The Kier molecular flexibility index (Phi) is 5.77. The topological polar surface area (TPSA) is 64.3 Å². The Morgan fingerprint density at radius 2 is 2.28 bits per heavy atom. The van der Waals surface area contributed by atoms with Crippen LogP contribution < -0.4 is 15.8 Å². The van der Waals surface area contributed by atoms with Crippen molar-refractivity contribution in [3.8, 4) is 5.75 Å². The van der Waals surface area contributed by atoms with Gasteiger partial charge in [-0.2, -0.15) is 0 Å². The van der Waals surface area contributed by atoms with Crippen LogP contribution in [0.25, 0.3) is 0 Å². The lowest BCUT2D eigenvalue weighted by Gasteiger charge is -2.09. The Morgan fingerprint density at radius 3 is 2.89 bits per heavy atom. The molecule has 4 heteroatoms. The lowest BCUT2D eigenvalue weighted by atomic mass is 10.1. The van der Waals surface area contributed by atoms with E-state index in [1.165, 1.54) is 0 Å². The number of nitrogens with one attached hydrogen (secondary N) is 1. The minimum Gasteiger partial charge on any atom is -0.492 e. The average Bonchev–Trinajstić information content (AvgIpc) is 2.37. The van der Waals surface area contributed by atoms with Gasteiger partial charge >= 0.3 is 0 Å². The van der Waals surface area contributed by atoms with Crippen LogP contribution in [0.15, 0.2) is 30.4 Å². The molecule has 0 aliphatic rings. The first-order valence-corrected chi connectivity index (χ1v) is 6.10. The van der Waals surface area contributed by atoms with E-state index in [1.807, 2.05) is 26.0 Å². The normalized spacial score (nSPS) is 10.6. The maximum absolute atomic E-state index is 11.8. The molecule has 0 bridgehead atoms. The van der Waals surface area contributed by atoms with Gasteiger partial charge in [-0.3, -0.25) is 4.79 Å². The molecule has 18 heavy (non-hydrogen) atoms. The van der Waals surface area contributed by atoms with E-state index >= 15 is 0 Å². The summed E-state index contributed by atoms with van der Waals surface area (Å²) in [5, 5.41) is 2.83. The van der Waals surface area contributed by atoms with Crippen molar-refractivity contribution >= 4 is 11.6 Å². The van der Waals surface area contributed by atoms with Gasteiger partial charge in [-0.25, -0.2) is 0 Å². The fourth-order valence-corrected chi connectivity index (χ4v) is 1.51. The van der Waals surface area contributed by atoms with E-state index in [0.717, 1.165) is 6.42 Å². The second-order valence-electron chi connectivity index (χ2n) is 3.80. The van der Waals surface area contributed by atoms with Crippen LogP contribution >= 0.6 is 0 Å². The van der Waals surface area contributed by atoms with Crippen LogP contribution in [0, 0.1) is 0 Å². The molecule has 0 aliphatic heterocycles. The predicted molar refractivity (Wildman–Crippen MR) is 73.8 cm³/mol. The number of nitrogen functional groups attached to an aromatic ring is 1. The first kappa shape index (κ1) is 14.1. The summed E-state index contributed by atoms with van der Waals surface area (Å²) in [6, 6.07) is 5.07. The maximum atomic E-state index is 11.8. The van der Waals surface area contributed by atoms with Crippen molar-refractivity contribution in [2.24, 2.45) is 0 Å². The van der Waals surface area contributed by atoms with Crippen LogP contribution in [0.1, 0.15) is 30.6 Å². The molecule has 1 aromatic carbocycles. The summed E-state index contributed by atoms with van der Waals surface area (Å²) in [4.78, 5) is 11.8. The zero-order chi connectivity index (χ0) is 13.4. The molecular weight excluding hydrogens is 228 g/mol. The summed E-state index contributed by atoms with van der Waals surface area (Å²) in [7, 11) is 0. The van der Waals surface area contributed by atoms with Crippen molar-refractivity contribution in [3.63, 3.8) is 0 Å². The van der Waals surface area contributed by atoms with Crippen LogP contribution in [0.5, 0.6) is 5.75 Å². The highest BCUT2D eigenvalue weighted by Crippen LogP contribution is 2.22. The van der Waals surface area contributed by atoms with E-state index in [4.69, 9.17) is 10.5 Å². The molecule has 0 saturated carbocycles. The number of allylic oxidation sites excluding steroid dienone is 1. The van der Waals surface area contributed by atoms with Gasteiger partial charge in [-0.1, -0.05) is 12.2 Å². The largest absolute Gasteiger partial charge is 0.492 e. The third kappa shape index (κ3) is 4.13. The third-order valence-corrected chi connectivity index (χ3v) is 2.40. The van der Waals surface area contributed by atoms with E-state index in [1.54, 1.807) is 18.2 Å². The van der Waals surface area contributed by atoms with Crippen molar-refractivity contribution in [3.05, 3.63) is 35.9 Å². The highest BCUT2D eigenvalue weighted by Gasteiger charge is 2.07. The van der Waals surface area contributed by atoms with E-state index in [0.29, 0.717) is 30.2 Å². The molecule has 4 nitrogen and oxygen atoms in total. The second kappa shape index (κ2) is 7.37. The van der Waals surface area contributed by atoms with Crippen molar-refractivity contribution in [2.45, 2.75) is 20.3 Å². The number of rotatable bonds is 6. The van der Waals surface area contributed by atoms with Gasteiger partial charge in [0.05, 0.1) is 12.3 Å². The van der Waals surface area contributed by atoms with E-state index in [-0.39, 0.29) is 5.91 Å². The maximum Gasteiger partial charge on any atom is 0.251 e. The Hall–Kier alpha value is -1.97. The Balaban J connectivity index is 2.60. The summed E-state index contributed by atoms with van der Waals surface area (Å²) in [5.41, 5.74) is 6.84. The van der Waals surface area contributed by atoms with Gasteiger partial charge < -0.3 is 15.8 Å². The number of carbonyl (C=O) groups is 1. The minimum atomic E-state index is -0.116. The Bertz CT molecular complexity index is 428. The number of amides is 1. The van der Waals surface area contributed by atoms with Crippen molar-refractivity contribution in [1.82, 2.24) is 5.32 Å². The molecule has 1 aromatic rings. The smallest absolute Gasteiger partial charge is 0.251 e. The molecule has 1 rings (SSSR count). The van der Waals surface area contributed by atoms with Crippen LogP contribution in [0.3, 0.4) is 0 Å². The van der Waals surface area contributed by atoms with Gasteiger partial charge in [0.1, 0.15) is 5.75 Å². The highest BCUT2D eigenvalue weighted by molar-refractivity contribution is 5.95. The third-order valence-electron chi connectivity index (χ3n) is 2.40. The second-order valence-corrected chi connectivity index (χ2v) is 3.80. The fourth-order valence-electron chi connectivity index (χ4n) is 1.51. The standard InChI is InChI=1S/C14H20N2O2/c1-3-5-6-9-16-14(17)11-7-8-13(18-4-2)12(15)10-11/h3,5,7-8,10H,4,6,9,15H2,1-2H3,(H,16,17)/b5-3+. The molecule has 0 fully saturated rings. The number of anilines is 1. The number of ether oxygens (including phenoxy) is 1. The van der Waals surface area contributed by atoms with Crippen LogP contribution in [-0.4, -0.2) is 19.1 Å². The van der Waals surface area contributed by atoms with Crippen LogP contribution in [-0.2, 0) is 0 Å². The number of nitrogens with two attached hydrogens (primary N) is 1. The molecule has 98 valence electrons. The average molecular weight is 248 g/mol. The zero-order valence-electron chi connectivity index (χ0n) is 10.9. The van der Waals surface area contributed by atoms with E-state index in [2.05, 4.69) is 5.32 Å². The molecule has 0 heterocycles. The van der Waals surface area contributed by atoms with Gasteiger partial charge in [0.25, 0.3) is 5.91 Å². The monoisotopic (exact) mass is 248 g/mol. The summed E-state index contributed by atoms with van der Waals surface area (Å²) in [5.74, 6) is 0.497. The summed E-state index contributed by atoms with van der Waals surface area (Å²) >= 11 is 0. The van der Waals surface area contributed by atoms with Crippen LogP contribution in [0.4, 0.5) is 5.69 Å². The molecule has 0 saturated heterocycles. The number of hydrogen-bond donors (Lipinski definition) is 2. The SMILES string of the molecule is C/C=C/CCNC(=O)c1ccc(OCC)c(N)c1. The molecule has 0 unspecified atom stereocenters. The Labute approximate surface area is 108 Å².